The number of rotatable bonds is 2. The molecule has 2 rings (SSSR count). The molecule has 7 heteroatoms. The molecule has 0 unspecified atom stereocenters. The molecule has 0 radical (unpaired) electrons. The molecule has 6 nitrogen and oxygen atoms in total. The smallest absolute Gasteiger partial charge is 0.308 e. The first kappa shape index (κ1) is 11.1. The van der Waals surface area contributed by atoms with Crippen LogP contribution in [0.3, 0.4) is 0 Å². The van der Waals surface area contributed by atoms with Crippen molar-refractivity contribution in [2.45, 2.75) is 6.92 Å². The zero-order chi connectivity index (χ0) is 12.3. The van der Waals surface area contributed by atoms with E-state index < -0.39 is 6.03 Å². The molecule has 0 atom stereocenters. The van der Waals surface area contributed by atoms with Gasteiger partial charge in [-0.2, -0.15) is 4.98 Å². The number of halogens is 1. The van der Waals surface area contributed by atoms with Crippen molar-refractivity contribution < 1.29 is 9.18 Å². The van der Waals surface area contributed by atoms with Gasteiger partial charge in [0.15, 0.2) is 0 Å². The maximum atomic E-state index is 12.6. The van der Waals surface area contributed by atoms with Crippen molar-refractivity contribution in [3.05, 3.63) is 35.9 Å². The molecule has 1 aromatic heterocycles. The average molecular weight is 235 g/mol. The Morgan fingerprint density at radius 3 is 2.59 bits per heavy atom. The lowest BCUT2D eigenvalue weighted by molar-refractivity contribution is 0.262. The van der Waals surface area contributed by atoms with Crippen molar-refractivity contribution in [3.8, 4) is 0 Å². The van der Waals surface area contributed by atoms with E-state index >= 15 is 0 Å². The van der Waals surface area contributed by atoms with E-state index in [2.05, 4.69) is 25.8 Å². The third-order valence-electron chi connectivity index (χ3n) is 1.92. The zero-order valence-electron chi connectivity index (χ0n) is 8.99. The maximum absolute atomic E-state index is 12.6. The van der Waals surface area contributed by atoms with Crippen molar-refractivity contribution >= 4 is 17.7 Å². The van der Waals surface area contributed by atoms with Crippen molar-refractivity contribution in [2.24, 2.45) is 0 Å². The molecule has 3 N–H and O–H groups in total. The molecule has 2 aromatic rings. The molecule has 0 spiro atoms. The van der Waals surface area contributed by atoms with Gasteiger partial charge in [-0.05, 0) is 31.2 Å². The molecule has 1 heterocycles. The van der Waals surface area contributed by atoms with Crippen LogP contribution in [0.5, 0.6) is 0 Å². The van der Waals surface area contributed by atoms with E-state index in [-0.39, 0.29) is 11.8 Å². The first-order chi connectivity index (χ1) is 8.13. The van der Waals surface area contributed by atoms with Gasteiger partial charge in [-0.1, -0.05) is 0 Å². The fraction of sp³-hybridized carbons (Fsp3) is 0.100. The van der Waals surface area contributed by atoms with Crippen LogP contribution in [0.2, 0.25) is 0 Å². The highest BCUT2D eigenvalue weighted by Crippen LogP contribution is 2.08. The Hall–Kier alpha value is -2.44. The summed E-state index contributed by atoms with van der Waals surface area (Å²) >= 11 is 0. The van der Waals surface area contributed by atoms with Crippen LogP contribution in [-0.4, -0.2) is 21.2 Å². The quantitative estimate of drug-likeness (QED) is 0.743. The number of aromatic nitrogens is 3. The van der Waals surface area contributed by atoms with Crippen molar-refractivity contribution in [3.63, 3.8) is 0 Å². The summed E-state index contributed by atoms with van der Waals surface area (Å²) in [6.07, 6.45) is 0. The van der Waals surface area contributed by atoms with Gasteiger partial charge in [-0.3, -0.25) is 10.4 Å². The molecule has 0 fully saturated rings. The minimum absolute atomic E-state index is 0.183. The Bertz CT molecular complexity index is 522. The fourth-order valence-electron chi connectivity index (χ4n) is 1.20. The summed E-state index contributed by atoms with van der Waals surface area (Å²) in [5, 5.41) is 11.3. The Kier molecular flexibility index (Phi) is 2.99. The number of aromatic amines is 1. The van der Waals surface area contributed by atoms with Gasteiger partial charge in [0.25, 0.3) is 0 Å². The molecule has 0 aliphatic heterocycles. The molecule has 88 valence electrons. The van der Waals surface area contributed by atoms with Crippen LogP contribution in [0, 0.1) is 12.7 Å². The number of amides is 2. The maximum Gasteiger partial charge on any atom is 0.326 e. The predicted octanol–water partition coefficient (Wildman–Crippen LogP) is 1.90. The Morgan fingerprint density at radius 2 is 2.00 bits per heavy atom. The molecular formula is C10H10FN5O. The van der Waals surface area contributed by atoms with Crippen LogP contribution in [0.15, 0.2) is 24.3 Å². The summed E-state index contributed by atoms with van der Waals surface area (Å²) in [7, 11) is 0. The molecule has 17 heavy (non-hydrogen) atoms. The van der Waals surface area contributed by atoms with E-state index in [1.807, 2.05) is 0 Å². The van der Waals surface area contributed by atoms with Crippen molar-refractivity contribution in [1.29, 1.82) is 0 Å². The molecule has 0 aliphatic rings. The number of nitrogens with one attached hydrogen (secondary N) is 3. The zero-order valence-corrected chi connectivity index (χ0v) is 8.99. The first-order valence-electron chi connectivity index (χ1n) is 4.86. The van der Waals surface area contributed by atoms with E-state index in [9.17, 15) is 9.18 Å². The lowest BCUT2D eigenvalue weighted by Gasteiger charge is -2.04. The van der Waals surface area contributed by atoms with Gasteiger partial charge < -0.3 is 5.32 Å². The van der Waals surface area contributed by atoms with Crippen LogP contribution >= 0.6 is 0 Å². The van der Waals surface area contributed by atoms with Gasteiger partial charge in [0, 0.05) is 5.69 Å². The standard InChI is InChI=1S/C10H10FN5O/c1-6-12-9(16-15-6)14-10(17)13-8-4-2-7(11)3-5-8/h2-5H,1H3,(H3,12,13,14,15,16,17). The molecule has 2 amide bonds. The average Bonchev–Trinajstić information content (AvgIpc) is 2.67. The highest BCUT2D eigenvalue weighted by Gasteiger charge is 2.05. The Balaban J connectivity index is 1.95. The number of H-pyrrole nitrogens is 1. The summed E-state index contributed by atoms with van der Waals surface area (Å²) in [5.74, 6) is 0.421. The second-order valence-electron chi connectivity index (χ2n) is 3.33. The van der Waals surface area contributed by atoms with Crippen LogP contribution in [-0.2, 0) is 0 Å². The summed E-state index contributed by atoms with van der Waals surface area (Å²) in [4.78, 5) is 15.4. The summed E-state index contributed by atoms with van der Waals surface area (Å²) in [6, 6.07) is 4.94. The van der Waals surface area contributed by atoms with Crippen LogP contribution in [0.25, 0.3) is 0 Å². The van der Waals surface area contributed by atoms with Gasteiger partial charge in [-0.25, -0.2) is 9.18 Å². The second-order valence-corrected chi connectivity index (χ2v) is 3.33. The minimum Gasteiger partial charge on any atom is -0.308 e. The van der Waals surface area contributed by atoms with Gasteiger partial charge in [0.1, 0.15) is 11.6 Å². The van der Waals surface area contributed by atoms with Crippen molar-refractivity contribution in [2.75, 3.05) is 10.6 Å². The Labute approximate surface area is 96.3 Å². The van der Waals surface area contributed by atoms with Crippen molar-refractivity contribution in [1.82, 2.24) is 15.2 Å². The highest BCUT2D eigenvalue weighted by molar-refractivity contribution is 5.98. The van der Waals surface area contributed by atoms with Gasteiger partial charge in [0.05, 0.1) is 0 Å². The number of hydrogen-bond donors (Lipinski definition) is 3. The second kappa shape index (κ2) is 4.60. The number of benzene rings is 1. The van der Waals surface area contributed by atoms with Gasteiger partial charge >= 0.3 is 6.03 Å². The number of anilines is 2. The van der Waals surface area contributed by atoms with Gasteiger partial charge in [0.2, 0.25) is 5.95 Å². The number of hydrogen-bond acceptors (Lipinski definition) is 3. The van der Waals surface area contributed by atoms with Crippen LogP contribution in [0.1, 0.15) is 5.82 Å². The molecule has 0 saturated heterocycles. The normalized spacial score (nSPS) is 10.0. The molecule has 0 saturated carbocycles. The van der Waals surface area contributed by atoms with Gasteiger partial charge in [-0.15, -0.1) is 5.10 Å². The van der Waals surface area contributed by atoms with E-state index in [0.717, 1.165) is 0 Å². The summed E-state index contributed by atoms with van der Waals surface area (Å²) in [6.45, 7) is 1.72. The predicted molar refractivity (Wildman–Crippen MR) is 60.2 cm³/mol. The van der Waals surface area contributed by atoms with E-state index in [0.29, 0.717) is 11.5 Å². The fourth-order valence-corrected chi connectivity index (χ4v) is 1.20. The SMILES string of the molecule is Cc1nc(NC(=O)Nc2ccc(F)cc2)n[nH]1. The third-order valence-corrected chi connectivity index (χ3v) is 1.92. The van der Waals surface area contributed by atoms with Crippen LogP contribution < -0.4 is 10.6 Å². The number of carbonyl (C=O) groups is 1. The minimum atomic E-state index is -0.490. The Morgan fingerprint density at radius 1 is 1.29 bits per heavy atom. The summed E-state index contributed by atoms with van der Waals surface area (Å²) < 4.78 is 12.6. The monoisotopic (exact) mass is 235 g/mol. The first-order valence-corrected chi connectivity index (χ1v) is 4.86. The number of carbonyl (C=O) groups excluding carboxylic acids is 1. The molecular weight excluding hydrogens is 225 g/mol. The number of aryl methyl sites for hydroxylation is 1. The molecule has 1 aromatic carbocycles. The number of nitrogens with zero attached hydrogens (tertiary/aromatic N) is 2. The lowest BCUT2D eigenvalue weighted by Crippen LogP contribution is -2.20. The summed E-state index contributed by atoms with van der Waals surface area (Å²) in [5.41, 5.74) is 0.483. The molecule has 0 bridgehead atoms. The highest BCUT2D eigenvalue weighted by atomic mass is 19.1. The van der Waals surface area contributed by atoms with E-state index in [4.69, 9.17) is 0 Å². The largest absolute Gasteiger partial charge is 0.326 e. The molecule has 0 aliphatic carbocycles. The van der Waals surface area contributed by atoms with E-state index in [1.165, 1.54) is 24.3 Å². The van der Waals surface area contributed by atoms with Crippen LogP contribution in [0.4, 0.5) is 20.8 Å². The number of urea groups is 1. The third kappa shape index (κ3) is 3.00. The topological polar surface area (TPSA) is 82.7 Å². The lowest BCUT2D eigenvalue weighted by atomic mass is 10.3. The van der Waals surface area contributed by atoms with E-state index in [1.54, 1.807) is 6.92 Å².